The summed E-state index contributed by atoms with van der Waals surface area (Å²) in [5.74, 6) is -0.454. The Labute approximate surface area is 208 Å². The van der Waals surface area contributed by atoms with Crippen LogP contribution in [0.4, 0.5) is 10.7 Å². The molecule has 0 aliphatic carbocycles. The summed E-state index contributed by atoms with van der Waals surface area (Å²) in [7, 11) is -2.12. The Morgan fingerprint density at radius 1 is 1.03 bits per heavy atom. The van der Waals surface area contributed by atoms with Crippen LogP contribution in [-0.2, 0) is 14.8 Å². The van der Waals surface area contributed by atoms with Gasteiger partial charge < -0.3 is 15.4 Å². The fourth-order valence-corrected chi connectivity index (χ4v) is 6.81. The van der Waals surface area contributed by atoms with E-state index in [-0.39, 0.29) is 10.0 Å². The minimum atomic E-state index is -3.47. The molecule has 0 spiro atoms. The average Bonchev–Trinajstić information content (AvgIpc) is 3.48. The zero-order valence-electron chi connectivity index (χ0n) is 18.8. The molecule has 0 radical (unpaired) electrons. The van der Waals surface area contributed by atoms with Crippen LogP contribution in [0.1, 0.15) is 28.1 Å². The van der Waals surface area contributed by atoms with Crippen molar-refractivity contribution in [3.05, 3.63) is 65.0 Å². The predicted molar refractivity (Wildman–Crippen MR) is 140 cm³/mol. The Morgan fingerprint density at radius 2 is 1.68 bits per heavy atom. The molecular formula is C24H25N3O4S3. The highest BCUT2D eigenvalue weighted by atomic mass is 32.2. The molecule has 1 saturated heterocycles. The second kappa shape index (κ2) is 10.2. The van der Waals surface area contributed by atoms with Gasteiger partial charge in [-0.25, -0.2) is 13.2 Å². The van der Waals surface area contributed by atoms with Crippen LogP contribution in [0, 0.1) is 6.92 Å². The van der Waals surface area contributed by atoms with Gasteiger partial charge in [0.2, 0.25) is 10.0 Å². The number of thiophene rings is 1. The number of carbonyl (C=O) groups is 1. The van der Waals surface area contributed by atoms with E-state index in [2.05, 4.69) is 10.6 Å². The average molecular weight is 516 g/mol. The first-order valence-corrected chi connectivity index (χ1v) is 13.4. The third-order valence-electron chi connectivity index (χ3n) is 5.58. The summed E-state index contributed by atoms with van der Waals surface area (Å²) in [6, 6.07) is 16.1. The third-order valence-corrected chi connectivity index (χ3v) is 8.72. The molecule has 178 valence electrons. The quantitative estimate of drug-likeness (QED) is 0.349. The van der Waals surface area contributed by atoms with Crippen molar-refractivity contribution in [1.29, 1.82) is 0 Å². The lowest BCUT2D eigenvalue weighted by molar-refractivity contribution is 0.0603. The van der Waals surface area contributed by atoms with E-state index in [1.54, 1.807) is 24.3 Å². The molecule has 0 bridgehead atoms. The van der Waals surface area contributed by atoms with Gasteiger partial charge in [0.1, 0.15) is 10.6 Å². The minimum Gasteiger partial charge on any atom is -0.465 e. The molecule has 1 aliphatic rings. The second-order valence-corrected chi connectivity index (χ2v) is 11.4. The van der Waals surface area contributed by atoms with Crippen LogP contribution < -0.4 is 10.6 Å². The van der Waals surface area contributed by atoms with Crippen molar-refractivity contribution in [3.8, 4) is 11.1 Å². The van der Waals surface area contributed by atoms with Crippen LogP contribution in [-0.4, -0.2) is 44.0 Å². The molecule has 1 fully saturated rings. The number of rotatable bonds is 6. The normalized spacial score (nSPS) is 14.1. The standard InChI is InChI=1S/C24H25N3O4S3/c1-16-20(17-8-4-3-5-9-17)21(23(28)31-2)22(33-16)26-24(32)25-18-10-12-19(13-11-18)34(29,30)27-14-6-7-15-27/h3-5,8-13H,6-7,14-15H2,1-2H3,(H2,25,26,32). The number of hydrogen-bond acceptors (Lipinski definition) is 6. The van der Waals surface area contributed by atoms with Crippen LogP contribution in [0.25, 0.3) is 11.1 Å². The third kappa shape index (κ3) is 5.00. The van der Waals surface area contributed by atoms with E-state index < -0.39 is 16.0 Å². The van der Waals surface area contributed by atoms with E-state index in [9.17, 15) is 13.2 Å². The molecule has 34 heavy (non-hydrogen) atoms. The van der Waals surface area contributed by atoms with Gasteiger partial charge in [0.05, 0.1) is 12.0 Å². The van der Waals surface area contributed by atoms with Crippen LogP contribution in [0.2, 0.25) is 0 Å². The molecular weight excluding hydrogens is 490 g/mol. The summed E-state index contributed by atoms with van der Waals surface area (Å²) >= 11 is 6.88. The molecule has 10 heteroatoms. The zero-order chi connectivity index (χ0) is 24.3. The van der Waals surface area contributed by atoms with Gasteiger partial charge in [-0.3, -0.25) is 0 Å². The maximum Gasteiger partial charge on any atom is 0.341 e. The van der Waals surface area contributed by atoms with Gasteiger partial charge in [-0.05, 0) is 61.8 Å². The Morgan fingerprint density at radius 3 is 2.29 bits per heavy atom. The number of benzene rings is 2. The molecule has 4 rings (SSSR count). The number of methoxy groups -OCH3 is 1. The summed E-state index contributed by atoms with van der Waals surface area (Å²) in [5.41, 5.74) is 2.78. The molecule has 0 unspecified atom stereocenters. The van der Waals surface area contributed by atoms with Crippen LogP contribution in [0.3, 0.4) is 0 Å². The molecule has 0 saturated carbocycles. The molecule has 2 N–H and O–H groups in total. The number of sulfonamides is 1. The number of nitrogens with zero attached hydrogens (tertiary/aromatic N) is 1. The van der Waals surface area contributed by atoms with E-state index in [0.717, 1.165) is 28.8 Å². The molecule has 3 aromatic rings. The lowest BCUT2D eigenvalue weighted by Gasteiger charge is -2.16. The van der Waals surface area contributed by atoms with Crippen molar-refractivity contribution in [2.45, 2.75) is 24.7 Å². The van der Waals surface area contributed by atoms with Crippen molar-refractivity contribution < 1.29 is 17.9 Å². The van der Waals surface area contributed by atoms with Crippen molar-refractivity contribution in [2.75, 3.05) is 30.8 Å². The highest BCUT2D eigenvalue weighted by Crippen LogP contribution is 2.40. The van der Waals surface area contributed by atoms with Gasteiger partial charge >= 0.3 is 5.97 Å². The number of thiocarbonyl (C=S) groups is 1. The summed E-state index contributed by atoms with van der Waals surface area (Å²) in [5, 5.41) is 7.02. The van der Waals surface area contributed by atoms with Crippen molar-refractivity contribution in [1.82, 2.24) is 4.31 Å². The Hall–Kier alpha value is -2.79. The van der Waals surface area contributed by atoms with E-state index >= 15 is 0 Å². The number of aryl methyl sites for hydroxylation is 1. The second-order valence-electron chi connectivity index (χ2n) is 7.81. The largest absolute Gasteiger partial charge is 0.465 e. The molecule has 0 atom stereocenters. The van der Waals surface area contributed by atoms with Crippen molar-refractivity contribution >= 4 is 55.3 Å². The number of anilines is 2. The maximum absolute atomic E-state index is 12.7. The Balaban J connectivity index is 1.53. The van der Waals surface area contributed by atoms with Gasteiger partial charge in [-0.2, -0.15) is 4.31 Å². The molecule has 1 aliphatic heterocycles. The lowest BCUT2D eigenvalue weighted by atomic mass is 10.0. The summed E-state index contributed by atoms with van der Waals surface area (Å²) in [6.07, 6.45) is 1.78. The van der Waals surface area contributed by atoms with E-state index in [1.165, 1.54) is 22.8 Å². The first-order valence-electron chi connectivity index (χ1n) is 10.8. The van der Waals surface area contributed by atoms with E-state index in [4.69, 9.17) is 17.0 Å². The lowest BCUT2D eigenvalue weighted by Crippen LogP contribution is -2.27. The molecule has 7 nitrogen and oxygen atoms in total. The van der Waals surface area contributed by atoms with Gasteiger partial charge in [0.25, 0.3) is 0 Å². The van der Waals surface area contributed by atoms with Gasteiger partial charge in [-0.1, -0.05) is 30.3 Å². The predicted octanol–water partition coefficient (Wildman–Crippen LogP) is 5.10. The van der Waals surface area contributed by atoms with Crippen molar-refractivity contribution in [2.24, 2.45) is 0 Å². The van der Waals surface area contributed by atoms with Crippen molar-refractivity contribution in [3.63, 3.8) is 0 Å². The first-order chi connectivity index (χ1) is 16.3. The summed E-state index contributed by atoms with van der Waals surface area (Å²) in [4.78, 5) is 13.9. The van der Waals surface area contributed by atoms with E-state index in [0.29, 0.717) is 29.3 Å². The molecule has 2 aromatic carbocycles. The smallest absolute Gasteiger partial charge is 0.341 e. The topological polar surface area (TPSA) is 87.7 Å². The van der Waals surface area contributed by atoms with Crippen LogP contribution >= 0.6 is 23.6 Å². The highest BCUT2D eigenvalue weighted by molar-refractivity contribution is 7.89. The van der Waals surface area contributed by atoms with Gasteiger partial charge in [-0.15, -0.1) is 11.3 Å². The number of carbonyl (C=O) groups excluding carboxylic acids is 1. The van der Waals surface area contributed by atoms with Gasteiger partial charge in [0.15, 0.2) is 5.11 Å². The SMILES string of the molecule is COC(=O)c1c(NC(=S)Nc2ccc(S(=O)(=O)N3CCCC3)cc2)sc(C)c1-c1ccccc1. The monoisotopic (exact) mass is 515 g/mol. The van der Waals surface area contributed by atoms with Crippen LogP contribution in [0.15, 0.2) is 59.5 Å². The fourth-order valence-electron chi connectivity index (χ4n) is 3.94. The molecule has 2 heterocycles. The fraction of sp³-hybridized carbons (Fsp3) is 0.250. The minimum absolute atomic E-state index is 0.258. The summed E-state index contributed by atoms with van der Waals surface area (Å²) in [6.45, 7) is 3.06. The molecule has 1 aromatic heterocycles. The Kier molecular flexibility index (Phi) is 7.32. The highest BCUT2D eigenvalue weighted by Gasteiger charge is 2.27. The number of ether oxygens (including phenoxy) is 1. The summed E-state index contributed by atoms with van der Waals surface area (Å²) < 4.78 is 32.0. The Bertz CT molecular complexity index is 1300. The maximum atomic E-state index is 12.7. The van der Waals surface area contributed by atoms with Gasteiger partial charge in [0, 0.05) is 29.2 Å². The molecule has 0 amide bonds. The first kappa shape index (κ1) is 24.3. The zero-order valence-corrected chi connectivity index (χ0v) is 21.3. The number of nitrogens with one attached hydrogen (secondary N) is 2. The van der Waals surface area contributed by atoms with E-state index in [1.807, 2.05) is 37.3 Å². The number of esters is 1. The number of hydrogen-bond donors (Lipinski definition) is 2. The van der Waals surface area contributed by atoms with Crippen LogP contribution in [0.5, 0.6) is 0 Å².